The Labute approximate surface area is 111 Å². The molecule has 1 aromatic heterocycles. The first-order chi connectivity index (χ1) is 8.93. The molecule has 104 valence electrons. The topological polar surface area (TPSA) is 84.2 Å². The lowest BCUT2D eigenvalue weighted by Crippen LogP contribution is -2.32. The molecule has 0 atom stereocenters. The van der Waals surface area contributed by atoms with Crippen LogP contribution >= 0.6 is 0 Å². The van der Waals surface area contributed by atoms with E-state index in [9.17, 15) is 14.7 Å². The smallest absolute Gasteiger partial charge is 0.310 e. The monoisotopic (exact) mass is 265 g/mol. The summed E-state index contributed by atoms with van der Waals surface area (Å²) in [5.74, 6) is -1.11. The average molecular weight is 265 g/mol. The van der Waals surface area contributed by atoms with Gasteiger partial charge in [0.1, 0.15) is 0 Å². The van der Waals surface area contributed by atoms with Crippen molar-refractivity contribution in [3.8, 4) is 0 Å². The molecule has 0 saturated heterocycles. The Morgan fingerprint density at radius 2 is 2.11 bits per heavy atom. The number of nitrogens with zero attached hydrogens (tertiary/aromatic N) is 2. The molecule has 1 fully saturated rings. The zero-order valence-corrected chi connectivity index (χ0v) is 11.3. The molecule has 19 heavy (non-hydrogen) atoms. The van der Waals surface area contributed by atoms with Crippen LogP contribution in [0.25, 0.3) is 0 Å². The number of carbonyl (C=O) groups is 2. The van der Waals surface area contributed by atoms with Crippen LogP contribution in [0.4, 0.5) is 5.69 Å². The van der Waals surface area contributed by atoms with Crippen molar-refractivity contribution in [2.75, 3.05) is 5.32 Å². The Balaban J connectivity index is 2.04. The van der Waals surface area contributed by atoms with Gasteiger partial charge in [-0.15, -0.1) is 0 Å². The van der Waals surface area contributed by atoms with Crippen LogP contribution in [-0.2, 0) is 16.6 Å². The standard InChI is InChI=1S/C13H19N3O3/c1-9-10(8-16(2)15-9)14-11(17)7-13(12(18)19)5-3-4-6-13/h8H,3-7H2,1-2H3,(H,14,17)(H,18,19). The molecular formula is C13H19N3O3. The van der Waals surface area contributed by atoms with E-state index in [1.165, 1.54) is 0 Å². The summed E-state index contributed by atoms with van der Waals surface area (Å²) >= 11 is 0. The molecule has 1 aliphatic rings. The van der Waals surface area contributed by atoms with E-state index in [0.717, 1.165) is 18.5 Å². The summed E-state index contributed by atoms with van der Waals surface area (Å²) in [7, 11) is 1.78. The van der Waals surface area contributed by atoms with E-state index in [2.05, 4.69) is 10.4 Å². The largest absolute Gasteiger partial charge is 0.481 e. The lowest BCUT2D eigenvalue weighted by Gasteiger charge is -2.22. The number of aromatic nitrogens is 2. The molecule has 6 nitrogen and oxygen atoms in total. The predicted molar refractivity (Wildman–Crippen MR) is 69.7 cm³/mol. The van der Waals surface area contributed by atoms with Crippen LogP contribution in [0.15, 0.2) is 6.20 Å². The molecule has 0 aromatic carbocycles. The summed E-state index contributed by atoms with van der Waals surface area (Å²) in [5, 5.41) is 16.2. The van der Waals surface area contributed by atoms with Crippen LogP contribution < -0.4 is 5.32 Å². The van der Waals surface area contributed by atoms with Gasteiger partial charge in [-0.2, -0.15) is 5.10 Å². The Kier molecular flexibility index (Phi) is 3.59. The van der Waals surface area contributed by atoms with Gasteiger partial charge in [-0.25, -0.2) is 0 Å². The molecule has 0 unspecified atom stereocenters. The van der Waals surface area contributed by atoms with Crippen LogP contribution in [-0.4, -0.2) is 26.8 Å². The van der Waals surface area contributed by atoms with Crippen molar-refractivity contribution in [3.05, 3.63) is 11.9 Å². The van der Waals surface area contributed by atoms with Gasteiger partial charge in [-0.3, -0.25) is 14.3 Å². The first-order valence-electron chi connectivity index (χ1n) is 6.46. The molecule has 0 aliphatic heterocycles. The molecule has 2 rings (SSSR count). The number of carbonyl (C=O) groups excluding carboxylic acids is 1. The summed E-state index contributed by atoms with van der Waals surface area (Å²) in [6.07, 6.45) is 4.69. The third-order valence-corrected chi connectivity index (χ3v) is 3.80. The van der Waals surface area contributed by atoms with Gasteiger partial charge >= 0.3 is 5.97 Å². The lowest BCUT2D eigenvalue weighted by atomic mass is 9.82. The third-order valence-electron chi connectivity index (χ3n) is 3.80. The SMILES string of the molecule is Cc1nn(C)cc1NC(=O)CC1(C(=O)O)CCCC1. The fourth-order valence-electron chi connectivity index (χ4n) is 2.74. The fraction of sp³-hybridized carbons (Fsp3) is 0.615. The number of hydrogen-bond acceptors (Lipinski definition) is 3. The van der Waals surface area contributed by atoms with E-state index in [4.69, 9.17) is 0 Å². The molecule has 1 saturated carbocycles. The summed E-state index contributed by atoms with van der Waals surface area (Å²) in [6.45, 7) is 1.80. The molecule has 0 spiro atoms. The number of aryl methyl sites for hydroxylation is 2. The number of rotatable bonds is 4. The van der Waals surface area contributed by atoms with Crippen LogP contribution in [0.3, 0.4) is 0 Å². The predicted octanol–water partition coefficient (Wildman–Crippen LogP) is 1.70. The first kappa shape index (κ1) is 13.6. The summed E-state index contributed by atoms with van der Waals surface area (Å²) in [5.41, 5.74) is 0.498. The Bertz CT molecular complexity index is 501. The third kappa shape index (κ3) is 2.77. The number of carboxylic acid groups (broad SMARTS) is 1. The van der Waals surface area contributed by atoms with Gasteiger partial charge in [0.05, 0.1) is 16.8 Å². The molecule has 2 N–H and O–H groups in total. The van der Waals surface area contributed by atoms with Crippen LogP contribution in [0.5, 0.6) is 0 Å². The van der Waals surface area contributed by atoms with Crippen molar-refractivity contribution in [2.45, 2.75) is 39.0 Å². The quantitative estimate of drug-likeness (QED) is 0.867. The van der Waals surface area contributed by atoms with Crippen LogP contribution in [0.1, 0.15) is 37.8 Å². The van der Waals surface area contributed by atoms with E-state index in [-0.39, 0.29) is 12.3 Å². The molecule has 0 bridgehead atoms. The molecule has 1 aliphatic carbocycles. The maximum absolute atomic E-state index is 12.0. The number of amides is 1. The fourth-order valence-corrected chi connectivity index (χ4v) is 2.74. The van der Waals surface area contributed by atoms with Gasteiger partial charge in [0.2, 0.25) is 5.91 Å². The van der Waals surface area contributed by atoms with Gasteiger partial charge < -0.3 is 10.4 Å². The summed E-state index contributed by atoms with van der Waals surface area (Å²) in [4.78, 5) is 23.4. The average Bonchev–Trinajstić information content (AvgIpc) is 2.88. The Morgan fingerprint density at radius 1 is 1.47 bits per heavy atom. The Morgan fingerprint density at radius 3 is 2.58 bits per heavy atom. The number of anilines is 1. The summed E-state index contributed by atoms with van der Waals surface area (Å²) in [6, 6.07) is 0. The first-order valence-corrected chi connectivity index (χ1v) is 6.46. The normalized spacial score (nSPS) is 17.4. The molecule has 1 aromatic rings. The van der Waals surface area contributed by atoms with Crippen molar-refractivity contribution < 1.29 is 14.7 Å². The number of nitrogens with one attached hydrogen (secondary N) is 1. The second-order valence-electron chi connectivity index (χ2n) is 5.32. The van der Waals surface area contributed by atoms with E-state index < -0.39 is 11.4 Å². The van der Waals surface area contributed by atoms with Gasteiger partial charge in [-0.1, -0.05) is 12.8 Å². The van der Waals surface area contributed by atoms with Crippen molar-refractivity contribution in [1.29, 1.82) is 0 Å². The van der Waals surface area contributed by atoms with Crippen molar-refractivity contribution in [3.63, 3.8) is 0 Å². The number of hydrogen-bond donors (Lipinski definition) is 2. The number of aliphatic carboxylic acids is 1. The zero-order valence-electron chi connectivity index (χ0n) is 11.3. The lowest BCUT2D eigenvalue weighted by molar-refractivity contribution is -0.150. The highest BCUT2D eigenvalue weighted by Gasteiger charge is 2.43. The van der Waals surface area contributed by atoms with Crippen molar-refractivity contribution in [2.24, 2.45) is 12.5 Å². The minimum atomic E-state index is -0.875. The minimum absolute atomic E-state index is 0.0384. The second-order valence-corrected chi connectivity index (χ2v) is 5.32. The zero-order chi connectivity index (χ0) is 14.0. The minimum Gasteiger partial charge on any atom is -0.481 e. The van der Waals surface area contributed by atoms with Gasteiger partial charge in [0, 0.05) is 19.7 Å². The highest BCUT2D eigenvalue weighted by Crippen LogP contribution is 2.41. The second kappa shape index (κ2) is 5.03. The van der Waals surface area contributed by atoms with Gasteiger partial charge in [-0.05, 0) is 19.8 Å². The molecule has 1 amide bonds. The van der Waals surface area contributed by atoms with Gasteiger partial charge in [0.15, 0.2) is 0 Å². The van der Waals surface area contributed by atoms with Crippen LogP contribution in [0.2, 0.25) is 0 Å². The van der Waals surface area contributed by atoms with Crippen molar-refractivity contribution in [1.82, 2.24) is 9.78 Å². The summed E-state index contributed by atoms with van der Waals surface area (Å²) < 4.78 is 1.62. The maximum Gasteiger partial charge on any atom is 0.310 e. The molecule has 0 radical (unpaired) electrons. The van der Waals surface area contributed by atoms with E-state index >= 15 is 0 Å². The highest BCUT2D eigenvalue weighted by atomic mass is 16.4. The number of carboxylic acids is 1. The van der Waals surface area contributed by atoms with E-state index in [1.807, 2.05) is 0 Å². The molecule has 1 heterocycles. The highest BCUT2D eigenvalue weighted by molar-refractivity contribution is 5.94. The Hall–Kier alpha value is -1.85. The molecular weight excluding hydrogens is 246 g/mol. The molecule has 6 heteroatoms. The van der Waals surface area contributed by atoms with Crippen molar-refractivity contribution >= 4 is 17.6 Å². The van der Waals surface area contributed by atoms with Gasteiger partial charge in [0.25, 0.3) is 0 Å². The van der Waals surface area contributed by atoms with E-state index in [0.29, 0.717) is 18.5 Å². The van der Waals surface area contributed by atoms with Crippen LogP contribution in [0, 0.1) is 12.3 Å². The maximum atomic E-state index is 12.0. The van der Waals surface area contributed by atoms with E-state index in [1.54, 1.807) is 24.9 Å².